The van der Waals surface area contributed by atoms with Crippen LogP contribution < -0.4 is 5.32 Å². The van der Waals surface area contributed by atoms with Crippen LogP contribution in [-0.4, -0.2) is 38.4 Å². The van der Waals surface area contributed by atoms with Crippen molar-refractivity contribution in [3.05, 3.63) is 41.7 Å². The SMILES string of the molecule is CCCc1nc(C(=O)NC(CC)CO)nn1-c1ccccc1F. The zero-order valence-electron chi connectivity index (χ0n) is 13.3. The second-order valence-corrected chi connectivity index (χ2v) is 5.23. The number of aromatic nitrogens is 3. The second kappa shape index (κ2) is 7.82. The number of benzene rings is 1. The Kier molecular flexibility index (Phi) is 5.81. The van der Waals surface area contributed by atoms with Crippen LogP contribution in [0.15, 0.2) is 24.3 Å². The normalized spacial score (nSPS) is 12.2. The predicted molar refractivity (Wildman–Crippen MR) is 83.9 cm³/mol. The van der Waals surface area contributed by atoms with Crippen LogP contribution >= 0.6 is 0 Å². The molecule has 6 nitrogen and oxygen atoms in total. The van der Waals surface area contributed by atoms with Crippen molar-refractivity contribution in [2.75, 3.05) is 6.61 Å². The molecule has 124 valence electrons. The van der Waals surface area contributed by atoms with Gasteiger partial charge in [-0.2, -0.15) is 0 Å². The Morgan fingerprint density at radius 1 is 1.39 bits per heavy atom. The van der Waals surface area contributed by atoms with Crippen molar-refractivity contribution in [2.24, 2.45) is 0 Å². The fourth-order valence-electron chi connectivity index (χ4n) is 2.17. The van der Waals surface area contributed by atoms with Gasteiger partial charge in [0.2, 0.25) is 5.82 Å². The van der Waals surface area contributed by atoms with E-state index in [9.17, 15) is 9.18 Å². The van der Waals surface area contributed by atoms with E-state index >= 15 is 0 Å². The predicted octanol–water partition coefficient (Wildman–Crippen LogP) is 1.86. The molecule has 23 heavy (non-hydrogen) atoms. The van der Waals surface area contributed by atoms with Crippen LogP contribution in [0.3, 0.4) is 0 Å². The molecule has 0 saturated heterocycles. The Bertz CT molecular complexity index is 668. The third kappa shape index (κ3) is 3.92. The van der Waals surface area contributed by atoms with Gasteiger partial charge < -0.3 is 10.4 Å². The first-order valence-corrected chi connectivity index (χ1v) is 7.73. The van der Waals surface area contributed by atoms with Gasteiger partial charge in [0.05, 0.1) is 12.6 Å². The Morgan fingerprint density at radius 2 is 2.13 bits per heavy atom. The highest BCUT2D eigenvalue weighted by Crippen LogP contribution is 2.15. The van der Waals surface area contributed by atoms with Gasteiger partial charge in [0.1, 0.15) is 17.3 Å². The average molecular weight is 320 g/mol. The lowest BCUT2D eigenvalue weighted by molar-refractivity contribution is 0.0904. The van der Waals surface area contributed by atoms with Gasteiger partial charge in [-0.3, -0.25) is 4.79 Å². The smallest absolute Gasteiger partial charge is 0.291 e. The molecule has 0 saturated carbocycles. The Balaban J connectivity index is 2.35. The molecule has 1 aromatic carbocycles. The van der Waals surface area contributed by atoms with E-state index < -0.39 is 11.7 Å². The summed E-state index contributed by atoms with van der Waals surface area (Å²) in [5, 5.41) is 16.0. The minimum Gasteiger partial charge on any atom is -0.394 e. The molecule has 1 atom stereocenters. The number of amides is 1. The fourth-order valence-corrected chi connectivity index (χ4v) is 2.17. The minimum absolute atomic E-state index is 0.0244. The van der Waals surface area contributed by atoms with Crippen molar-refractivity contribution in [3.63, 3.8) is 0 Å². The molecule has 1 heterocycles. The molecular formula is C16H21FN4O2. The number of carbonyl (C=O) groups is 1. The summed E-state index contributed by atoms with van der Waals surface area (Å²) in [6, 6.07) is 5.88. The van der Waals surface area contributed by atoms with Gasteiger partial charge >= 0.3 is 0 Å². The first-order valence-electron chi connectivity index (χ1n) is 7.73. The van der Waals surface area contributed by atoms with E-state index in [1.54, 1.807) is 18.2 Å². The lowest BCUT2D eigenvalue weighted by Crippen LogP contribution is -2.37. The highest BCUT2D eigenvalue weighted by molar-refractivity contribution is 5.90. The third-order valence-electron chi connectivity index (χ3n) is 3.48. The molecule has 2 N–H and O–H groups in total. The monoisotopic (exact) mass is 320 g/mol. The summed E-state index contributed by atoms with van der Waals surface area (Å²) in [5.74, 6) is -0.398. The number of aliphatic hydroxyl groups excluding tert-OH is 1. The molecule has 0 aliphatic heterocycles. The van der Waals surface area contributed by atoms with Gasteiger partial charge in [0.15, 0.2) is 0 Å². The van der Waals surface area contributed by atoms with Crippen molar-refractivity contribution in [3.8, 4) is 5.69 Å². The van der Waals surface area contributed by atoms with Gasteiger partial charge in [-0.25, -0.2) is 14.1 Å². The summed E-state index contributed by atoms with van der Waals surface area (Å²) in [4.78, 5) is 16.4. The van der Waals surface area contributed by atoms with E-state index in [0.717, 1.165) is 6.42 Å². The van der Waals surface area contributed by atoms with Gasteiger partial charge in [-0.1, -0.05) is 26.0 Å². The van der Waals surface area contributed by atoms with Gasteiger partial charge in [0, 0.05) is 6.42 Å². The molecule has 0 radical (unpaired) electrons. The highest BCUT2D eigenvalue weighted by atomic mass is 19.1. The summed E-state index contributed by atoms with van der Waals surface area (Å²) in [5.41, 5.74) is 0.261. The average Bonchev–Trinajstić information content (AvgIpc) is 2.97. The number of halogens is 1. The molecule has 0 bridgehead atoms. The van der Waals surface area contributed by atoms with Crippen LogP contribution in [0.5, 0.6) is 0 Å². The van der Waals surface area contributed by atoms with E-state index in [-0.39, 0.29) is 24.2 Å². The topological polar surface area (TPSA) is 80.0 Å². The maximum Gasteiger partial charge on any atom is 0.291 e. The zero-order valence-corrected chi connectivity index (χ0v) is 13.3. The summed E-state index contributed by atoms with van der Waals surface area (Å²) < 4.78 is 15.4. The summed E-state index contributed by atoms with van der Waals surface area (Å²) >= 11 is 0. The number of aliphatic hydroxyl groups is 1. The number of nitrogens with zero attached hydrogens (tertiary/aromatic N) is 3. The lowest BCUT2D eigenvalue weighted by Gasteiger charge is -2.11. The molecule has 7 heteroatoms. The van der Waals surface area contributed by atoms with E-state index in [0.29, 0.717) is 18.7 Å². The molecule has 1 amide bonds. The van der Waals surface area contributed by atoms with Crippen LogP contribution in [0.4, 0.5) is 4.39 Å². The van der Waals surface area contributed by atoms with Crippen LogP contribution in [0.1, 0.15) is 43.1 Å². The van der Waals surface area contributed by atoms with Crippen LogP contribution in [0.25, 0.3) is 5.69 Å². The Hall–Kier alpha value is -2.28. The molecular weight excluding hydrogens is 299 g/mol. The van der Waals surface area contributed by atoms with E-state index in [2.05, 4.69) is 15.4 Å². The van der Waals surface area contributed by atoms with Crippen molar-refractivity contribution < 1.29 is 14.3 Å². The molecule has 0 fully saturated rings. The maximum absolute atomic E-state index is 14.0. The number of nitrogens with one attached hydrogen (secondary N) is 1. The summed E-state index contributed by atoms with van der Waals surface area (Å²) in [6.45, 7) is 3.67. The van der Waals surface area contributed by atoms with Crippen LogP contribution in [0, 0.1) is 5.82 Å². The van der Waals surface area contributed by atoms with Crippen LogP contribution in [0.2, 0.25) is 0 Å². The molecule has 0 aliphatic carbocycles. The Labute approximate surface area is 134 Å². The first-order chi connectivity index (χ1) is 11.1. The Morgan fingerprint density at radius 3 is 2.74 bits per heavy atom. The standard InChI is InChI=1S/C16H21FN4O2/c1-3-7-14-19-15(16(23)18-11(4-2)10-22)20-21(14)13-9-6-5-8-12(13)17/h5-6,8-9,11,22H,3-4,7,10H2,1-2H3,(H,18,23). The molecule has 0 spiro atoms. The largest absolute Gasteiger partial charge is 0.394 e. The number of aryl methyl sites for hydroxylation is 1. The third-order valence-corrected chi connectivity index (χ3v) is 3.48. The molecule has 2 rings (SSSR count). The van der Waals surface area contributed by atoms with E-state index in [1.807, 2.05) is 13.8 Å². The molecule has 2 aromatic rings. The zero-order chi connectivity index (χ0) is 16.8. The minimum atomic E-state index is -0.474. The number of hydrogen-bond acceptors (Lipinski definition) is 4. The van der Waals surface area contributed by atoms with Crippen LogP contribution in [-0.2, 0) is 6.42 Å². The number of rotatable bonds is 7. The van der Waals surface area contributed by atoms with E-state index in [1.165, 1.54) is 10.7 Å². The maximum atomic E-state index is 14.0. The summed E-state index contributed by atoms with van der Waals surface area (Å²) in [7, 11) is 0. The first kappa shape index (κ1) is 17.1. The number of carbonyl (C=O) groups excluding carboxylic acids is 1. The summed E-state index contributed by atoms with van der Waals surface area (Å²) in [6.07, 6.45) is 1.96. The fraction of sp³-hybridized carbons (Fsp3) is 0.438. The van der Waals surface area contributed by atoms with Crippen molar-refractivity contribution in [1.29, 1.82) is 0 Å². The highest BCUT2D eigenvalue weighted by Gasteiger charge is 2.20. The molecule has 1 unspecified atom stereocenters. The van der Waals surface area contributed by atoms with E-state index in [4.69, 9.17) is 5.11 Å². The molecule has 1 aromatic heterocycles. The van der Waals surface area contributed by atoms with Gasteiger partial charge in [-0.15, -0.1) is 5.10 Å². The van der Waals surface area contributed by atoms with Crippen molar-refractivity contribution >= 4 is 5.91 Å². The lowest BCUT2D eigenvalue weighted by atomic mass is 10.2. The van der Waals surface area contributed by atoms with Crippen molar-refractivity contribution in [1.82, 2.24) is 20.1 Å². The quantitative estimate of drug-likeness (QED) is 0.816. The van der Waals surface area contributed by atoms with Crippen molar-refractivity contribution in [2.45, 2.75) is 39.2 Å². The number of para-hydroxylation sites is 1. The molecule has 0 aliphatic rings. The number of hydrogen-bond donors (Lipinski definition) is 2. The second-order valence-electron chi connectivity index (χ2n) is 5.23. The van der Waals surface area contributed by atoms with Gasteiger partial charge in [0.25, 0.3) is 5.91 Å². The van der Waals surface area contributed by atoms with Gasteiger partial charge in [-0.05, 0) is 25.0 Å².